The normalized spacial score (nSPS) is 10.5. The van der Waals surface area contributed by atoms with Crippen molar-refractivity contribution >= 4 is 5.97 Å². The number of hydrogen-bond donors (Lipinski definition) is 0. The third kappa shape index (κ3) is 5.35. The molecule has 2 rings (SSSR count). The highest BCUT2D eigenvalue weighted by Gasteiger charge is 2.16. The van der Waals surface area contributed by atoms with Crippen molar-refractivity contribution in [2.45, 2.75) is 53.1 Å². The molecule has 0 N–H and O–H groups in total. The molecule has 25 heavy (non-hydrogen) atoms. The van der Waals surface area contributed by atoms with E-state index in [1.165, 1.54) is 0 Å². The van der Waals surface area contributed by atoms with Gasteiger partial charge in [0.05, 0.1) is 12.2 Å². The molecule has 0 amide bonds. The van der Waals surface area contributed by atoms with Gasteiger partial charge in [0.15, 0.2) is 0 Å². The molecule has 0 radical (unpaired) electrons. The zero-order chi connectivity index (χ0) is 18.1. The summed E-state index contributed by atoms with van der Waals surface area (Å²) < 4.78 is 11.4. The number of aryl methyl sites for hydroxylation is 2. The Labute approximate surface area is 151 Å². The number of esters is 1. The lowest BCUT2D eigenvalue weighted by Gasteiger charge is -2.17. The molecular weight excluding hydrogens is 312 g/mol. The van der Waals surface area contributed by atoms with E-state index in [-0.39, 0.29) is 5.97 Å². The van der Waals surface area contributed by atoms with Crippen LogP contribution in [0.4, 0.5) is 0 Å². The van der Waals surface area contributed by atoms with Gasteiger partial charge < -0.3 is 9.47 Å². The van der Waals surface area contributed by atoms with Crippen LogP contribution in [0, 0.1) is 0 Å². The van der Waals surface area contributed by atoms with Gasteiger partial charge in [0, 0.05) is 0 Å². The van der Waals surface area contributed by atoms with Crippen molar-refractivity contribution in [2.75, 3.05) is 6.61 Å². The fourth-order valence-corrected chi connectivity index (χ4v) is 2.91. The van der Waals surface area contributed by atoms with E-state index in [0.29, 0.717) is 18.8 Å². The van der Waals surface area contributed by atoms with Crippen LogP contribution in [0.15, 0.2) is 42.5 Å². The van der Waals surface area contributed by atoms with Crippen molar-refractivity contribution in [3.8, 4) is 5.75 Å². The lowest BCUT2D eigenvalue weighted by atomic mass is 9.98. The second kappa shape index (κ2) is 9.87. The summed E-state index contributed by atoms with van der Waals surface area (Å²) in [5.74, 6) is 0.674. The quantitative estimate of drug-likeness (QED) is 0.577. The molecule has 0 bridgehead atoms. The summed E-state index contributed by atoms with van der Waals surface area (Å²) in [6.45, 7) is 7.02. The van der Waals surface area contributed by atoms with Crippen LogP contribution in [0.25, 0.3) is 0 Å². The van der Waals surface area contributed by atoms with Gasteiger partial charge >= 0.3 is 5.97 Å². The Kier molecular flexibility index (Phi) is 7.52. The van der Waals surface area contributed by atoms with Crippen LogP contribution in [-0.4, -0.2) is 12.6 Å². The fraction of sp³-hybridized carbons (Fsp3) is 0.409. The molecule has 2 aromatic rings. The second-order valence-electron chi connectivity index (χ2n) is 6.12. The summed E-state index contributed by atoms with van der Waals surface area (Å²) in [4.78, 5) is 12.2. The number of rotatable bonds is 9. The van der Waals surface area contributed by atoms with Gasteiger partial charge in [0.25, 0.3) is 0 Å². The molecule has 0 aliphatic heterocycles. The highest BCUT2D eigenvalue weighted by atomic mass is 16.5. The lowest BCUT2D eigenvalue weighted by molar-refractivity contribution is 0.0526. The zero-order valence-corrected chi connectivity index (χ0v) is 15.5. The first-order valence-corrected chi connectivity index (χ1v) is 9.19. The van der Waals surface area contributed by atoms with E-state index in [1.54, 1.807) is 0 Å². The van der Waals surface area contributed by atoms with Gasteiger partial charge in [-0.05, 0) is 48.6 Å². The molecule has 0 heterocycles. The molecule has 0 saturated carbocycles. The summed E-state index contributed by atoms with van der Waals surface area (Å²) in [5.41, 5.74) is 3.95. The van der Waals surface area contributed by atoms with Crippen LogP contribution in [0.3, 0.4) is 0 Å². The molecule has 0 unspecified atom stereocenters. The Morgan fingerprint density at radius 3 is 2.04 bits per heavy atom. The number of benzene rings is 2. The minimum Gasteiger partial charge on any atom is -0.488 e. The van der Waals surface area contributed by atoms with Crippen LogP contribution in [0.1, 0.15) is 60.7 Å². The van der Waals surface area contributed by atoms with E-state index in [9.17, 15) is 4.79 Å². The van der Waals surface area contributed by atoms with Crippen molar-refractivity contribution in [3.63, 3.8) is 0 Å². The first-order chi connectivity index (χ1) is 12.2. The van der Waals surface area contributed by atoms with E-state index in [0.717, 1.165) is 48.1 Å². The van der Waals surface area contributed by atoms with Crippen molar-refractivity contribution in [1.29, 1.82) is 0 Å². The molecule has 3 nitrogen and oxygen atoms in total. The maximum Gasteiger partial charge on any atom is 0.338 e. The molecule has 0 saturated heterocycles. The first-order valence-electron chi connectivity index (χ1n) is 9.19. The number of carbonyl (C=O) groups excluding carboxylic acids is 1. The molecule has 134 valence electrons. The van der Waals surface area contributed by atoms with E-state index in [2.05, 4.69) is 26.0 Å². The number of ether oxygens (including phenoxy) is 2. The van der Waals surface area contributed by atoms with Gasteiger partial charge in [0.2, 0.25) is 0 Å². The summed E-state index contributed by atoms with van der Waals surface area (Å²) in [7, 11) is 0. The van der Waals surface area contributed by atoms with Gasteiger partial charge in [0.1, 0.15) is 12.4 Å². The Morgan fingerprint density at radius 2 is 1.52 bits per heavy atom. The minimum atomic E-state index is -0.258. The standard InChI is InChI=1S/C22H28O3/c1-4-10-18-14-20(22(23)24-6-3)15-19(11-5-2)21(18)25-16-17-12-8-7-9-13-17/h7-9,12-15H,4-6,10-11,16H2,1-3H3. The van der Waals surface area contributed by atoms with Crippen molar-refractivity contribution in [2.24, 2.45) is 0 Å². The highest BCUT2D eigenvalue weighted by Crippen LogP contribution is 2.30. The Balaban J connectivity index is 2.35. The molecular formula is C22H28O3. The average Bonchev–Trinajstić information content (AvgIpc) is 2.62. The molecule has 0 spiro atoms. The molecule has 0 atom stereocenters. The fourth-order valence-electron chi connectivity index (χ4n) is 2.91. The lowest BCUT2D eigenvalue weighted by Crippen LogP contribution is -2.09. The summed E-state index contributed by atoms with van der Waals surface area (Å²) in [6, 6.07) is 14.0. The maximum absolute atomic E-state index is 12.2. The Bertz CT molecular complexity index is 650. The predicted octanol–water partition coefficient (Wildman–Crippen LogP) is 5.35. The summed E-state index contributed by atoms with van der Waals surface area (Å²) in [6.07, 6.45) is 3.77. The van der Waals surface area contributed by atoms with E-state index in [1.807, 2.05) is 37.3 Å². The third-order valence-electron chi connectivity index (χ3n) is 4.02. The number of hydrogen-bond acceptors (Lipinski definition) is 3. The molecule has 2 aromatic carbocycles. The molecule has 0 aliphatic rings. The van der Waals surface area contributed by atoms with E-state index in [4.69, 9.17) is 9.47 Å². The number of carbonyl (C=O) groups is 1. The smallest absolute Gasteiger partial charge is 0.338 e. The first kappa shape index (κ1) is 19.0. The monoisotopic (exact) mass is 340 g/mol. The molecule has 0 aliphatic carbocycles. The van der Waals surface area contributed by atoms with Crippen LogP contribution in [0.5, 0.6) is 5.75 Å². The van der Waals surface area contributed by atoms with Crippen LogP contribution < -0.4 is 4.74 Å². The SMILES string of the molecule is CCCc1cc(C(=O)OCC)cc(CCC)c1OCc1ccccc1. The molecule has 3 heteroatoms. The van der Waals surface area contributed by atoms with Gasteiger partial charge in [-0.1, -0.05) is 57.0 Å². The molecule has 0 fully saturated rings. The second-order valence-corrected chi connectivity index (χ2v) is 6.12. The minimum absolute atomic E-state index is 0.258. The summed E-state index contributed by atoms with van der Waals surface area (Å²) in [5, 5.41) is 0. The third-order valence-corrected chi connectivity index (χ3v) is 4.02. The van der Waals surface area contributed by atoms with Crippen LogP contribution in [0.2, 0.25) is 0 Å². The van der Waals surface area contributed by atoms with Gasteiger partial charge in [-0.25, -0.2) is 4.79 Å². The van der Waals surface area contributed by atoms with Crippen molar-refractivity contribution < 1.29 is 14.3 Å². The van der Waals surface area contributed by atoms with Gasteiger partial charge in [-0.2, -0.15) is 0 Å². The highest BCUT2D eigenvalue weighted by molar-refractivity contribution is 5.90. The van der Waals surface area contributed by atoms with Crippen molar-refractivity contribution in [1.82, 2.24) is 0 Å². The largest absolute Gasteiger partial charge is 0.488 e. The molecule has 0 aromatic heterocycles. The predicted molar refractivity (Wildman–Crippen MR) is 101 cm³/mol. The zero-order valence-electron chi connectivity index (χ0n) is 15.5. The Morgan fingerprint density at radius 1 is 0.920 bits per heavy atom. The topological polar surface area (TPSA) is 35.5 Å². The maximum atomic E-state index is 12.2. The van der Waals surface area contributed by atoms with Gasteiger partial charge in [-0.15, -0.1) is 0 Å². The summed E-state index contributed by atoms with van der Waals surface area (Å²) >= 11 is 0. The Hall–Kier alpha value is -2.29. The average molecular weight is 340 g/mol. The van der Waals surface area contributed by atoms with Crippen LogP contribution >= 0.6 is 0 Å². The van der Waals surface area contributed by atoms with Gasteiger partial charge in [-0.3, -0.25) is 0 Å². The van der Waals surface area contributed by atoms with Crippen LogP contribution in [-0.2, 0) is 24.2 Å². The van der Waals surface area contributed by atoms with E-state index >= 15 is 0 Å². The van der Waals surface area contributed by atoms with Crippen molar-refractivity contribution in [3.05, 3.63) is 64.7 Å². The van der Waals surface area contributed by atoms with E-state index < -0.39 is 0 Å².